The quantitative estimate of drug-likeness (QED) is 0.550. The van der Waals surface area contributed by atoms with Crippen LogP contribution in [0.5, 0.6) is 5.75 Å². The highest BCUT2D eigenvalue weighted by atomic mass is 79.9. The Kier molecular flexibility index (Phi) is 5.80. The maximum Gasteiger partial charge on any atom is 0.310 e. The van der Waals surface area contributed by atoms with Gasteiger partial charge in [0.25, 0.3) is 6.01 Å². The molecule has 0 bridgehead atoms. The highest BCUT2D eigenvalue weighted by Gasteiger charge is 2.18. The fourth-order valence-electron chi connectivity index (χ4n) is 2.54. The number of piperazine rings is 1. The Balaban J connectivity index is 1.70. The smallest absolute Gasteiger partial charge is 0.310 e. The number of nitrogens with one attached hydrogen (secondary N) is 1. The third kappa shape index (κ3) is 4.11. The van der Waals surface area contributed by atoms with Gasteiger partial charge < -0.3 is 24.1 Å². The zero-order valence-electron chi connectivity index (χ0n) is 13.2. The first kappa shape index (κ1) is 17.3. The number of anilines is 3. The molecule has 0 atom stereocenters. The van der Waals surface area contributed by atoms with Gasteiger partial charge in [-0.2, -0.15) is 0 Å². The Hall–Kier alpha value is -1.52. The van der Waals surface area contributed by atoms with E-state index in [0.717, 1.165) is 37.6 Å². The molecular weight excluding hydrogens is 393 g/mol. The van der Waals surface area contributed by atoms with Crippen LogP contribution in [0.2, 0.25) is 0 Å². The van der Waals surface area contributed by atoms with Crippen LogP contribution in [0, 0.1) is 0 Å². The molecule has 7 nitrogen and oxygen atoms in total. The van der Waals surface area contributed by atoms with Crippen molar-refractivity contribution < 1.29 is 8.25 Å². The average Bonchev–Trinajstić information content (AvgIpc) is 3.05. The molecular formula is C14H18BBrN5O2S. The van der Waals surface area contributed by atoms with Crippen LogP contribution in [-0.4, -0.2) is 49.1 Å². The monoisotopic (exact) mass is 410 g/mol. The van der Waals surface area contributed by atoms with Crippen molar-refractivity contribution in [1.82, 2.24) is 9.29 Å². The number of halogens is 1. The number of hydrogen-bond donors (Lipinski definition) is 2. The van der Waals surface area contributed by atoms with Gasteiger partial charge in [-0.3, -0.25) is 0 Å². The van der Waals surface area contributed by atoms with E-state index in [9.17, 15) is 0 Å². The molecule has 1 aromatic carbocycles. The van der Waals surface area contributed by atoms with E-state index < -0.39 is 0 Å². The summed E-state index contributed by atoms with van der Waals surface area (Å²) in [5.74, 6) is 0.689. The average molecular weight is 411 g/mol. The van der Waals surface area contributed by atoms with Gasteiger partial charge in [-0.25, -0.2) is 9.29 Å². The van der Waals surface area contributed by atoms with Gasteiger partial charge in [0, 0.05) is 31.9 Å². The van der Waals surface area contributed by atoms with Crippen molar-refractivity contribution in [2.24, 2.45) is 0 Å². The summed E-state index contributed by atoms with van der Waals surface area (Å²) >= 11 is 4.84. The van der Waals surface area contributed by atoms with Crippen LogP contribution in [-0.2, 0) is 0 Å². The molecule has 0 saturated carbocycles. The topological polar surface area (TPSA) is 79.8 Å². The van der Waals surface area contributed by atoms with E-state index in [2.05, 4.69) is 54.1 Å². The summed E-state index contributed by atoms with van der Waals surface area (Å²) in [6.07, 6.45) is 3.61. The first-order chi connectivity index (χ1) is 11.7. The molecule has 1 radical (unpaired) electrons. The number of nitrogen functional groups attached to an aromatic ring is 1. The van der Waals surface area contributed by atoms with Gasteiger partial charge in [-0.15, -0.1) is 0 Å². The third-order valence-corrected chi connectivity index (χ3v) is 5.05. The van der Waals surface area contributed by atoms with E-state index in [1.165, 1.54) is 6.26 Å². The molecule has 1 aliphatic rings. The number of benzene rings is 1. The summed E-state index contributed by atoms with van der Waals surface area (Å²) in [4.78, 5) is 6.40. The molecule has 1 fully saturated rings. The lowest BCUT2D eigenvalue weighted by Gasteiger charge is -2.35. The molecule has 0 aliphatic carbocycles. The van der Waals surface area contributed by atoms with Crippen molar-refractivity contribution in [3.05, 3.63) is 24.5 Å². The van der Waals surface area contributed by atoms with E-state index in [4.69, 9.17) is 14.0 Å². The second kappa shape index (κ2) is 8.04. The van der Waals surface area contributed by atoms with Crippen molar-refractivity contribution in [3.63, 3.8) is 0 Å². The Bertz CT molecular complexity index is 681. The van der Waals surface area contributed by atoms with Gasteiger partial charge in [-0.05, 0) is 24.5 Å². The predicted octanol–water partition coefficient (Wildman–Crippen LogP) is 1.70. The summed E-state index contributed by atoms with van der Waals surface area (Å²) in [5.41, 5.74) is 8.08. The number of nitrogens with two attached hydrogens (primary N) is 1. The summed E-state index contributed by atoms with van der Waals surface area (Å²) < 4.78 is 12.6. The summed E-state index contributed by atoms with van der Waals surface area (Å²) in [7, 11) is 1.72. The fourth-order valence-corrected chi connectivity index (χ4v) is 3.35. The molecule has 24 heavy (non-hydrogen) atoms. The fraction of sp³-hybridized carbons (Fsp3) is 0.357. The molecule has 1 aromatic heterocycles. The number of rotatable bonds is 6. The lowest BCUT2D eigenvalue weighted by molar-refractivity contribution is 0.431. The highest BCUT2D eigenvalue weighted by Crippen LogP contribution is 2.31. The van der Waals surface area contributed by atoms with Gasteiger partial charge in [-0.1, -0.05) is 11.9 Å². The maximum atomic E-state index is 5.48. The SMILES string of the molecule is CSN1CCN(c2ccc(OBr)c(N[B]c3coc(N)n3)c2)CC1. The number of oxazole rings is 1. The minimum Gasteiger partial charge on any atom is -0.433 e. The minimum atomic E-state index is 0.139. The molecule has 1 aliphatic heterocycles. The standard InChI is InChI=1S/C14H18BBrN5O2S/c1-24-21-6-4-20(5-7-21)10-2-3-12(23-16)11(8-10)19-15-13-9-22-14(17)18-13/h2-3,8-9,19H,4-7H2,1H3,(H2,17,18). The molecule has 0 unspecified atom stereocenters. The van der Waals surface area contributed by atoms with E-state index in [-0.39, 0.29) is 6.01 Å². The van der Waals surface area contributed by atoms with Crippen molar-refractivity contribution in [1.29, 1.82) is 0 Å². The number of hydrogen-bond acceptors (Lipinski definition) is 8. The first-order valence-electron chi connectivity index (χ1n) is 7.47. The van der Waals surface area contributed by atoms with Crippen molar-refractivity contribution in [3.8, 4) is 5.75 Å². The van der Waals surface area contributed by atoms with Crippen molar-refractivity contribution >= 4 is 58.6 Å². The Morgan fingerprint density at radius 3 is 2.79 bits per heavy atom. The summed E-state index contributed by atoms with van der Waals surface area (Å²) in [6, 6.07) is 6.19. The number of aromatic nitrogens is 1. The van der Waals surface area contributed by atoms with Crippen LogP contribution in [0.1, 0.15) is 0 Å². The van der Waals surface area contributed by atoms with Crippen LogP contribution in [0.15, 0.2) is 28.9 Å². The lowest BCUT2D eigenvalue weighted by atomic mass is 9.89. The van der Waals surface area contributed by atoms with E-state index in [1.54, 1.807) is 19.4 Å². The molecule has 127 valence electrons. The summed E-state index contributed by atoms with van der Waals surface area (Å²) in [6.45, 7) is 4.09. The molecule has 3 rings (SSSR count). The molecule has 1 saturated heterocycles. The van der Waals surface area contributed by atoms with Crippen molar-refractivity contribution in [2.45, 2.75) is 0 Å². The zero-order valence-corrected chi connectivity index (χ0v) is 15.6. The normalized spacial score (nSPS) is 15.3. The second-order valence-corrected chi connectivity index (χ2v) is 6.46. The minimum absolute atomic E-state index is 0.139. The molecule has 2 heterocycles. The second-order valence-electron chi connectivity index (χ2n) is 5.26. The highest BCUT2D eigenvalue weighted by molar-refractivity contribution is 9.06. The van der Waals surface area contributed by atoms with Gasteiger partial charge in [0.2, 0.25) is 0 Å². The van der Waals surface area contributed by atoms with Crippen LogP contribution in [0.25, 0.3) is 0 Å². The maximum absolute atomic E-state index is 5.48. The van der Waals surface area contributed by atoms with Crippen molar-refractivity contribution in [2.75, 3.05) is 48.3 Å². The molecule has 0 spiro atoms. The van der Waals surface area contributed by atoms with E-state index in [0.29, 0.717) is 11.3 Å². The molecule has 0 amide bonds. The molecule has 10 heteroatoms. The van der Waals surface area contributed by atoms with Gasteiger partial charge in [0.05, 0.1) is 11.3 Å². The number of nitrogens with zero attached hydrogens (tertiary/aromatic N) is 3. The molecule has 2 aromatic rings. The van der Waals surface area contributed by atoms with Crippen LogP contribution < -0.4 is 25.3 Å². The Morgan fingerprint density at radius 2 is 2.17 bits per heavy atom. The first-order valence-corrected chi connectivity index (χ1v) is 9.30. The molecule has 3 N–H and O–H groups in total. The van der Waals surface area contributed by atoms with E-state index in [1.807, 2.05) is 6.07 Å². The Labute approximate surface area is 154 Å². The van der Waals surface area contributed by atoms with Gasteiger partial charge in [0.1, 0.15) is 6.26 Å². The van der Waals surface area contributed by atoms with Crippen LogP contribution in [0.4, 0.5) is 17.4 Å². The van der Waals surface area contributed by atoms with Gasteiger partial charge in [0.15, 0.2) is 22.0 Å². The third-order valence-electron chi connectivity index (χ3n) is 3.82. The van der Waals surface area contributed by atoms with E-state index >= 15 is 0 Å². The largest absolute Gasteiger partial charge is 0.433 e. The lowest BCUT2D eigenvalue weighted by Crippen LogP contribution is -2.43. The zero-order chi connectivity index (χ0) is 16.9. The summed E-state index contributed by atoms with van der Waals surface area (Å²) in [5, 5.41) is 3.19. The van der Waals surface area contributed by atoms with Crippen LogP contribution in [0.3, 0.4) is 0 Å². The Morgan fingerprint density at radius 1 is 1.38 bits per heavy atom. The van der Waals surface area contributed by atoms with Crippen LogP contribution >= 0.6 is 28.2 Å². The van der Waals surface area contributed by atoms with Gasteiger partial charge >= 0.3 is 7.41 Å². The predicted molar refractivity (Wildman–Crippen MR) is 103 cm³/mol.